The van der Waals surface area contributed by atoms with Crippen LogP contribution in [0.1, 0.15) is 10.5 Å². The number of aromatic nitrogens is 2. The van der Waals surface area contributed by atoms with Gasteiger partial charge in [0.15, 0.2) is 0 Å². The first-order valence-corrected chi connectivity index (χ1v) is 8.69. The molecule has 0 atom stereocenters. The zero-order valence-corrected chi connectivity index (χ0v) is 14.3. The number of benzene rings is 1. The van der Waals surface area contributed by atoms with Gasteiger partial charge >= 0.3 is 0 Å². The molecule has 2 aliphatic heterocycles. The summed E-state index contributed by atoms with van der Waals surface area (Å²) in [6.45, 7) is 4.89. The number of hydrogen-bond donors (Lipinski definition) is 1. The summed E-state index contributed by atoms with van der Waals surface area (Å²) in [5.41, 5.74) is 0.905. The van der Waals surface area contributed by atoms with Crippen molar-refractivity contribution >= 4 is 11.6 Å². The third kappa shape index (κ3) is 3.32. The van der Waals surface area contributed by atoms with E-state index in [1.807, 2.05) is 12.1 Å². The molecule has 3 heterocycles. The van der Waals surface area contributed by atoms with Crippen molar-refractivity contribution in [2.24, 2.45) is 0 Å². The number of piperazine rings is 1. The minimum absolute atomic E-state index is 0.188. The Bertz CT molecular complexity index is 839. The largest absolute Gasteiger partial charge is 0.369 e. The van der Waals surface area contributed by atoms with Crippen molar-refractivity contribution in [3.8, 4) is 0 Å². The summed E-state index contributed by atoms with van der Waals surface area (Å²) in [5.74, 6) is -0.418. The molecule has 1 N–H and O–H groups in total. The molecule has 0 spiro atoms. The van der Waals surface area contributed by atoms with Crippen LogP contribution in [0.3, 0.4) is 0 Å². The highest BCUT2D eigenvalue weighted by molar-refractivity contribution is 5.92. The van der Waals surface area contributed by atoms with Crippen molar-refractivity contribution in [1.82, 2.24) is 19.8 Å². The van der Waals surface area contributed by atoms with Gasteiger partial charge in [-0.25, -0.2) is 9.37 Å². The number of H-pyrrole nitrogens is 1. The molecule has 0 unspecified atom stereocenters. The zero-order valence-electron chi connectivity index (χ0n) is 14.3. The summed E-state index contributed by atoms with van der Waals surface area (Å²) in [5, 5.41) is 0. The maximum absolute atomic E-state index is 13.0. The van der Waals surface area contributed by atoms with Gasteiger partial charge in [0, 0.05) is 57.1 Å². The molecule has 26 heavy (non-hydrogen) atoms. The summed E-state index contributed by atoms with van der Waals surface area (Å²) in [6, 6.07) is 8.17. The second-order valence-electron chi connectivity index (χ2n) is 6.66. The number of amides is 1. The van der Waals surface area contributed by atoms with E-state index in [2.05, 4.69) is 19.8 Å². The lowest BCUT2D eigenvalue weighted by Crippen LogP contribution is -2.64. The third-order valence-electron chi connectivity index (χ3n) is 5.07. The molecular weight excluding hydrogens is 337 g/mol. The van der Waals surface area contributed by atoms with Crippen LogP contribution in [-0.2, 0) is 0 Å². The number of carbonyl (C=O) groups excluding carboxylic acids is 1. The highest BCUT2D eigenvalue weighted by Crippen LogP contribution is 2.21. The number of carbonyl (C=O) groups is 1. The van der Waals surface area contributed by atoms with Gasteiger partial charge in [0.1, 0.15) is 11.5 Å². The van der Waals surface area contributed by atoms with E-state index in [-0.39, 0.29) is 23.0 Å². The summed E-state index contributed by atoms with van der Waals surface area (Å²) in [6.07, 6.45) is 1.25. The maximum atomic E-state index is 13.0. The topological polar surface area (TPSA) is 72.5 Å². The Morgan fingerprint density at radius 1 is 1.12 bits per heavy atom. The van der Waals surface area contributed by atoms with Gasteiger partial charge in [0.2, 0.25) is 0 Å². The highest BCUT2D eigenvalue weighted by atomic mass is 19.1. The van der Waals surface area contributed by atoms with Crippen LogP contribution in [0.4, 0.5) is 10.1 Å². The van der Waals surface area contributed by atoms with E-state index in [1.54, 1.807) is 4.90 Å². The Hall–Kier alpha value is -2.74. The fourth-order valence-corrected chi connectivity index (χ4v) is 3.50. The van der Waals surface area contributed by atoms with Crippen LogP contribution in [0, 0.1) is 5.82 Å². The minimum atomic E-state index is -0.322. The van der Waals surface area contributed by atoms with Crippen molar-refractivity contribution in [3.05, 3.63) is 58.5 Å². The molecule has 2 aromatic rings. The van der Waals surface area contributed by atoms with Gasteiger partial charge in [-0.1, -0.05) is 0 Å². The van der Waals surface area contributed by atoms with Crippen molar-refractivity contribution in [3.63, 3.8) is 0 Å². The Labute approximate surface area is 150 Å². The molecular formula is C18H20FN5O2. The van der Waals surface area contributed by atoms with E-state index in [0.717, 1.165) is 31.9 Å². The van der Waals surface area contributed by atoms with Crippen LogP contribution in [0.2, 0.25) is 0 Å². The van der Waals surface area contributed by atoms with Gasteiger partial charge < -0.3 is 14.8 Å². The SMILES string of the molecule is O=C(c1cc(=O)[nH]cn1)N1CC(N2CCN(c3ccc(F)cc3)CC2)C1. The molecule has 0 aliphatic carbocycles. The summed E-state index contributed by atoms with van der Waals surface area (Å²) in [4.78, 5) is 36.3. The molecule has 136 valence electrons. The van der Waals surface area contributed by atoms with Gasteiger partial charge in [-0.3, -0.25) is 14.5 Å². The minimum Gasteiger partial charge on any atom is -0.369 e. The van der Waals surface area contributed by atoms with Gasteiger partial charge in [-0.05, 0) is 24.3 Å². The molecule has 2 aliphatic rings. The molecule has 2 fully saturated rings. The molecule has 2 saturated heterocycles. The zero-order chi connectivity index (χ0) is 18.1. The van der Waals surface area contributed by atoms with Crippen LogP contribution in [-0.4, -0.2) is 71.0 Å². The number of hydrogen-bond acceptors (Lipinski definition) is 5. The van der Waals surface area contributed by atoms with E-state index in [0.29, 0.717) is 19.1 Å². The first-order chi connectivity index (χ1) is 12.6. The molecule has 7 nitrogen and oxygen atoms in total. The average Bonchev–Trinajstić information content (AvgIpc) is 2.62. The predicted molar refractivity (Wildman–Crippen MR) is 94.7 cm³/mol. The molecule has 0 radical (unpaired) electrons. The second kappa shape index (κ2) is 6.87. The van der Waals surface area contributed by atoms with E-state index in [1.165, 1.54) is 24.5 Å². The average molecular weight is 357 g/mol. The maximum Gasteiger partial charge on any atom is 0.272 e. The summed E-state index contributed by atoms with van der Waals surface area (Å²) < 4.78 is 13.0. The number of likely N-dealkylation sites (tertiary alicyclic amines) is 1. The fraction of sp³-hybridized carbons (Fsp3) is 0.389. The molecule has 1 aromatic carbocycles. The normalized spacial score (nSPS) is 18.7. The quantitative estimate of drug-likeness (QED) is 0.869. The third-order valence-corrected chi connectivity index (χ3v) is 5.07. The van der Waals surface area contributed by atoms with E-state index in [9.17, 15) is 14.0 Å². The predicted octanol–water partition coefficient (Wildman–Crippen LogP) is 0.556. The molecule has 1 amide bonds. The van der Waals surface area contributed by atoms with Gasteiger partial charge in [-0.15, -0.1) is 0 Å². The first kappa shape index (κ1) is 16.7. The van der Waals surface area contributed by atoms with Crippen LogP contribution >= 0.6 is 0 Å². The highest BCUT2D eigenvalue weighted by Gasteiger charge is 2.36. The number of nitrogens with one attached hydrogen (secondary N) is 1. The van der Waals surface area contributed by atoms with Crippen molar-refractivity contribution in [2.45, 2.75) is 6.04 Å². The number of aromatic amines is 1. The number of nitrogens with zero attached hydrogens (tertiary/aromatic N) is 4. The molecule has 4 rings (SSSR count). The van der Waals surface area contributed by atoms with Crippen molar-refractivity contribution in [1.29, 1.82) is 0 Å². The molecule has 1 aromatic heterocycles. The summed E-state index contributed by atoms with van der Waals surface area (Å²) >= 11 is 0. The number of rotatable bonds is 3. The smallest absolute Gasteiger partial charge is 0.272 e. The van der Waals surface area contributed by atoms with Crippen molar-refractivity contribution < 1.29 is 9.18 Å². The molecule has 0 saturated carbocycles. The lowest BCUT2D eigenvalue weighted by molar-refractivity contribution is 0.0242. The van der Waals surface area contributed by atoms with Gasteiger partial charge in [0.25, 0.3) is 11.5 Å². The fourth-order valence-electron chi connectivity index (χ4n) is 3.50. The van der Waals surface area contributed by atoms with Gasteiger partial charge in [-0.2, -0.15) is 0 Å². The lowest BCUT2D eigenvalue weighted by Gasteiger charge is -2.48. The van der Waals surface area contributed by atoms with Crippen molar-refractivity contribution in [2.75, 3.05) is 44.2 Å². The Morgan fingerprint density at radius 2 is 1.81 bits per heavy atom. The number of anilines is 1. The van der Waals surface area contributed by atoms with Gasteiger partial charge in [0.05, 0.1) is 6.33 Å². The molecule has 0 bridgehead atoms. The van der Waals surface area contributed by atoms with E-state index >= 15 is 0 Å². The lowest BCUT2D eigenvalue weighted by atomic mass is 10.0. The first-order valence-electron chi connectivity index (χ1n) is 8.69. The van der Waals surface area contributed by atoms with Crippen LogP contribution in [0.5, 0.6) is 0 Å². The van der Waals surface area contributed by atoms with Crippen LogP contribution in [0.15, 0.2) is 41.5 Å². The van der Waals surface area contributed by atoms with Crippen LogP contribution < -0.4 is 10.5 Å². The monoisotopic (exact) mass is 357 g/mol. The standard InChI is InChI=1S/C18H20FN5O2/c19-13-1-3-14(4-2-13)22-5-7-23(8-6-22)15-10-24(11-15)18(26)16-9-17(25)21-12-20-16/h1-4,9,12,15H,5-8,10-11H2,(H,20,21,25). The second-order valence-corrected chi connectivity index (χ2v) is 6.66. The Morgan fingerprint density at radius 3 is 2.46 bits per heavy atom. The van der Waals surface area contributed by atoms with E-state index in [4.69, 9.17) is 0 Å². The summed E-state index contributed by atoms with van der Waals surface area (Å²) in [7, 11) is 0. The Balaban J connectivity index is 1.28. The Kier molecular flexibility index (Phi) is 4.42. The number of halogens is 1. The van der Waals surface area contributed by atoms with E-state index < -0.39 is 0 Å². The van der Waals surface area contributed by atoms with Crippen LogP contribution in [0.25, 0.3) is 0 Å². The molecule has 8 heteroatoms.